The lowest BCUT2D eigenvalue weighted by Crippen LogP contribution is -2.26. The minimum atomic E-state index is -1.28. The van der Waals surface area contributed by atoms with Crippen molar-refractivity contribution in [3.05, 3.63) is 56.4 Å². The first-order valence-corrected chi connectivity index (χ1v) is 11.8. The second-order valence-corrected chi connectivity index (χ2v) is 8.60. The van der Waals surface area contributed by atoms with E-state index in [4.69, 9.17) is 13.9 Å². The normalized spacial score (nSPS) is 11.8. The van der Waals surface area contributed by atoms with Gasteiger partial charge >= 0.3 is 17.3 Å². The van der Waals surface area contributed by atoms with Crippen molar-refractivity contribution in [2.45, 2.75) is 25.7 Å². The molecule has 4 rings (SSSR count). The fourth-order valence-corrected chi connectivity index (χ4v) is 4.27. The molecular formula is C25H24N4O10. The van der Waals surface area contributed by atoms with Crippen LogP contribution in [-0.2, 0) is 16.0 Å². The Balaban J connectivity index is 1.40. The van der Waals surface area contributed by atoms with Crippen molar-refractivity contribution in [3.63, 3.8) is 0 Å². The Morgan fingerprint density at radius 3 is 2.51 bits per heavy atom. The Bertz CT molecular complexity index is 1610. The number of fused-ring (bicyclic) bond motifs is 2. The number of carboxylic acids is 1. The molecule has 14 heteroatoms. The van der Waals surface area contributed by atoms with E-state index in [0.29, 0.717) is 47.5 Å². The first-order valence-electron chi connectivity index (χ1n) is 11.8. The second-order valence-electron chi connectivity index (χ2n) is 8.60. The van der Waals surface area contributed by atoms with E-state index in [1.165, 1.54) is 38.5 Å². The molecule has 0 aliphatic heterocycles. The number of aromatic nitrogens is 2. The number of carbonyl (C=O) groups is 2. The van der Waals surface area contributed by atoms with Crippen LogP contribution in [0.25, 0.3) is 22.0 Å². The molecule has 0 aliphatic rings. The minimum Gasteiger partial charge on any atom is -0.493 e. The predicted octanol–water partition coefficient (Wildman–Crippen LogP) is 3.35. The smallest absolute Gasteiger partial charge is 0.336 e. The van der Waals surface area contributed by atoms with Crippen LogP contribution in [0.3, 0.4) is 0 Å². The summed E-state index contributed by atoms with van der Waals surface area (Å²) in [6.07, 6.45) is 0.682. The van der Waals surface area contributed by atoms with Crippen LogP contribution >= 0.6 is 0 Å². The average Bonchev–Trinajstić information content (AvgIpc) is 3.39. The summed E-state index contributed by atoms with van der Waals surface area (Å²) in [6.45, 7) is 0.381. The molecule has 2 heterocycles. The number of ether oxygens (including phenoxy) is 2. The number of anilines is 1. The number of ketones is 1. The quantitative estimate of drug-likeness (QED) is 0.0823. The molecule has 0 aliphatic carbocycles. The van der Waals surface area contributed by atoms with E-state index < -0.39 is 28.2 Å². The van der Waals surface area contributed by atoms with Gasteiger partial charge in [0.25, 0.3) is 0 Å². The molecule has 2 aromatic heterocycles. The predicted molar refractivity (Wildman–Crippen MR) is 136 cm³/mol. The van der Waals surface area contributed by atoms with Crippen LogP contribution in [0.4, 0.5) is 11.4 Å². The number of nitrogens with zero attached hydrogens (tertiary/aromatic N) is 3. The number of benzene rings is 2. The third-order valence-corrected chi connectivity index (χ3v) is 6.21. The first kappa shape index (κ1) is 27.0. The molecule has 2 aromatic carbocycles. The first-order chi connectivity index (χ1) is 18.7. The van der Waals surface area contributed by atoms with Crippen LogP contribution in [0.1, 0.15) is 24.8 Å². The number of carboxylic acid groups (broad SMARTS) is 1. The number of carbonyl (C=O) groups excluding carboxylic acids is 1. The molecule has 1 atom stereocenters. The summed E-state index contributed by atoms with van der Waals surface area (Å²) < 4.78 is 20.4. The molecule has 0 saturated heterocycles. The highest BCUT2D eigenvalue weighted by Crippen LogP contribution is 2.33. The van der Waals surface area contributed by atoms with Crippen molar-refractivity contribution in [1.82, 2.24) is 10.3 Å². The van der Waals surface area contributed by atoms with Crippen molar-refractivity contribution in [3.8, 4) is 11.5 Å². The number of nitrogens with one attached hydrogen (secondary N) is 1. The highest BCUT2D eigenvalue weighted by atomic mass is 16.6. The number of nitro groups is 1. The van der Waals surface area contributed by atoms with E-state index in [2.05, 4.69) is 20.3 Å². The van der Waals surface area contributed by atoms with E-state index in [-0.39, 0.29) is 35.1 Å². The van der Waals surface area contributed by atoms with Gasteiger partial charge in [0, 0.05) is 36.6 Å². The molecule has 0 spiro atoms. The second kappa shape index (κ2) is 11.6. The summed E-state index contributed by atoms with van der Waals surface area (Å²) >= 11 is 0. The zero-order chi connectivity index (χ0) is 28.1. The maximum atomic E-state index is 13.0. The highest BCUT2D eigenvalue weighted by Gasteiger charge is 2.27. The highest BCUT2D eigenvalue weighted by molar-refractivity contribution is 6.00. The minimum absolute atomic E-state index is 0.0140. The Morgan fingerprint density at radius 2 is 1.82 bits per heavy atom. The number of hydrogen-bond acceptors (Lipinski definition) is 12. The molecule has 1 unspecified atom stereocenters. The van der Waals surface area contributed by atoms with Crippen LogP contribution in [0.2, 0.25) is 0 Å². The maximum absolute atomic E-state index is 13.0. The summed E-state index contributed by atoms with van der Waals surface area (Å²) in [7, 11) is 2.87. The summed E-state index contributed by atoms with van der Waals surface area (Å²) in [5.74, 6) is -2.39. The number of unbranched alkanes of at least 4 members (excludes halogenated alkanes) is 1. The van der Waals surface area contributed by atoms with Gasteiger partial charge in [0.05, 0.1) is 24.8 Å². The third kappa shape index (κ3) is 5.79. The Morgan fingerprint density at radius 1 is 1.10 bits per heavy atom. The van der Waals surface area contributed by atoms with Crippen LogP contribution in [0, 0.1) is 16.0 Å². The Hall–Kier alpha value is -5.01. The van der Waals surface area contributed by atoms with Crippen LogP contribution in [-0.4, -0.2) is 52.9 Å². The summed E-state index contributed by atoms with van der Waals surface area (Å²) in [6, 6.07) is 6.98. The third-order valence-electron chi connectivity index (χ3n) is 6.21. The van der Waals surface area contributed by atoms with Gasteiger partial charge in [-0.25, -0.2) is 9.42 Å². The number of methoxy groups -OCH3 is 2. The molecular weight excluding hydrogens is 516 g/mol. The van der Waals surface area contributed by atoms with Crippen LogP contribution < -0.4 is 20.4 Å². The zero-order valence-electron chi connectivity index (χ0n) is 21.0. The van der Waals surface area contributed by atoms with Crippen LogP contribution in [0.5, 0.6) is 11.5 Å². The molecule has 4 aromatic rings. The molecule has 0 fully saturated rings. The fraction of sp³-hybridized carbons (Fsp3) is 0.320. The molecule has 14 nitrogen and oxygen atoms in total. The van der Waals surface area contributed by atoms with Crippen molar-refractivity contribution >= 4 is 45.1 Å². The molecule has 0 bridgehead atoms. The largest absolute Gasteiger partial charge is 0.493 e. The molecule has 0 radical (unpaired) electrons. The lowest BCUT2D eigenvalue weighted by Gasteiger charge is -2.14. The fourth-order valence-electron chi connectivity index (χ4n) is 4.27. The van der Waals surface area contributed by atoms with Gasteiger partial charge in [0.15, 0.2) is 22.8 Å². The van der Waals surface area contributed by atoms with Gasteiger partial charge in [0.2, 0.25) is 5.52 Å². The monoisotopic (exact) mass is 540 g/mol. The molecule has 0 amide bonds. The van der Waals surface area contributed by atoms with Gasteiger partial charge < -0.3 is 24.3 Å². The molecule has 2 N–H and O–H groups in total. The average molecular weight is 540 g/mol. The number of Topliss-reactive ketones (excluding diaryl/α,β-unsaturated/α-hetero) is 1. The van der Waals surface area contributed by atoms with Crippen molar-refractivity contribution in [2.24, 2.45) is 5.92 Å². The summed E-state index contributed by atoms with van der Waals surface area (Å²) in [5.41, 5.74) is 0.285. The van der Waals surface area contributed by atoms with Crippen molar-refractivity contribution in [2.75, 3.05) is 26.1 Å². The standard InChI is InChI=1S/C25H24N4O10/c1-36-20-11-15-13(10-22(31)38-19(15)12-21(20)37-2)9-18(30)14(25(32)33)5-3-4-8-26-16-6-7-17(29(34)35)24-23(16)27-39-28-24/h6-7,10-12,14,26H,3-5,8-9H2,1-2H3,(H,32,33). The number of nitro benzene ring substituents is 1. The maximum Gasteiger partial charge on any atom is 0.336 e. The number of rotatable bonds is 13. The lowest BCUT2D eigenvalue weighted by atomic mass is 9.92. The van der Waals surface area contributed by atoms with Crippen molar-refractivity contribution in [1.29, 1.82) is 0 Å². The molecule has 204 valence electrons. The zero-order valence-corrected chi connectivity index (χ0v) is 21.0. The Kier molecular flexibility index (Phi) is 8.03. The van der Waals surface area contributed by atoms with Crippen LogP contribution in [0.15, 0.2) is 44.2 Å². The topological polar surface area (TPSA) is 197 Å². The van der Waals surface area contributed by atoms with E-state index in [1.807, 2.05) is 0 Å². The number of aliphatic carboxylic acids is 1. The van der Waals surface area contributed by atoms with E-state index in [1.54, 1.807) is 6.07 Å². The Labute approximate surface area is 219 Å². The van der Waals surface area contributed by atoms with Gasteiger partial charge in [-0.1, -0.05) is 6.42 Å². The summed E-state index contributed by atoms with van der Waals surface area (Å²) in [4.78, 5) is 47.5. The lowest BCUT2D eigenvalue weighted by molar-refractivity contribution is -0.383. The number of non-ortho nitro benzene ring substituents is 1. The van der Waals surface area contributed by atoms with Gasteiger partial charge in [-0.15, -0.1) is 0 Å². The SMILES string of the molecule is COc1cc2oc(=O)cc(CC(=O)C(CCCCNc3ccc([N+](=O)[O-])c4nonc34)C(=O)O)c2cc1OC. The molecule has 0 saturated carbocycles. The van der Waals surface area contributed by atoms with Gasteiger partial charge in [-0.05, 0) is 40.9 Å². The van der Waals surface area contributed by atoms with E-state index in [9.17, 15) is 29.6 Å². The van der Waals surface area contributed by atoms with E-state index in [0.717, 1.165) is 0 Å². The van der Waals surface area contributed by atoms with E-state index >= 15 is 0 Å². The van der Waals surface area contributed by atoms with Crippen molar-refractivity contribution < 1.29 is 38.1 Å². The van der Waals surface area contributed by atoms with Gasteiger partial charge in [-0.2, -0.15) is 0 Å². The van der Waals surface area contributed by atoms with Gasteiger partial charge in [0.1, 0.15) is 11.5 Å². The summed E-state index contributed by atoms with van der Waals surface area (Å²) in [5, 5.41) is 31.6. The number of hydrogen-bond donors (Lipinski definition) is 2. The molecule has 39 heavy (non-hydrogen) atoms. The van der Waals surface area contributed by atoms with Gasteiger partial charge in [-0.3, -0.25) is 19.7 Å².